The Bertz CT molecular complexity index is 762. The first-order valence-electron chi connectivity index (χ1n) is 6.94. The topological polar surface area (TPSA) is 60.0 Å². The fourth-order valence-electron chi connectivity index (χ4n) is 2.54. The van der Waals surface area contributed by atoms with Gasteiger partial charge in [0.05, 0.1) is 6.54 Å². The summed E-state index contributed by atoms with van der Waals surface area (Å²) in [4.78, 5) is 11.1. The van der Waals surface area contributed by atoms with E-state index in [4.69, 9.17) is 5.73 Å². The van der Waals surface area contributed by atoms with Crippen molar-refractivity contribution in [1.29, 1.82) is 0 Å². The van der Waals surface area contributed by atoms with Crippen LogP contribution in [0.4, 0.5) is 5.82 Å². The fraction of sp³-hybridized carbons (Fsp3) is 0.250. The highest BCUT2D eigenvalue weighted by Crippen LogP contribution is 2.27. The lowest BCUT2D eigenvalue weighted by atomic mass is 10.1. The maximum atomic E-state index is 5.80. The summed E-state index contributed by atoms with van der Waals surface area (Å²) in [5.41, 5.74) is 6.87. The molecule has 0 amide bonds. The van der Waals surface area contributed by atoms with Gasteiger partial charge in [0.1, 0.15) is 11.6 Å². The van der Waals surface area contributed by atoms with E-state index in [2.05, 4.69) is 27.0 Å². The van der Waals surface area contributed by atoms with Crippen LogP contribution in [0, 0.1) is 0 Å². The standard InChI is InChI=1S/C16H19N5/c1-20-8-7-18-15(20)11-21(2)16-14-6-4-3-5-13(14)12(9-17)10-19-16/h3-8,10H,9,11,17H2,1-2H3. The highest BCUT2D eigenvalue weighted by molar-refractivity contribution is 5.94. The lowest BCUT2D eigenvalue weighted by Gasteiger charge is -2.20. The van der Waals surface area contributed by atoms with Crippen LogP contribution in [0.15, 0.2) is 42.9 Å². The number of rotatable bonds is 4. The van der Waals surface area contributed by atoms with Gasteiger partial charge in [-0.2, -0.15) is 0 Å². The van der Waals surface area contributed by atoms with E-state index in [9.17, 15) is 0 Å². The van der Waals surface area contributed by atoms with E-state index in [1.165, 1.54) is 0 Å². The van der Waals surface area contributed by atoms with E-state index in [-0.39, 0.29) is 0 Å². The van der Waals surface area contributed by atoms with Crippen LogP contribution in [0.5, 0.6) is 0 Å². The van der Waals surface area contributed by atoms with Crippen LogP contribution in [-0.4, -0.2) is 21.6 Å². The number of nitrogens with two attached hydrogens (primary N) is 1. The van der Waals surface area contributed by atoms with Crippen LogP contribution >= 0.6 is 0 Å². The highest BCUT2D eigenvalue weighted by Gasteiger charge is 2.12. The molecule has 108 valence electrons. The maximum absolute atomic E-state index is 5.80. The van der Waals surface area contributed by atoms with E-state index in [0.29, 0.717) is 13.1 Å². The minimum Gasteiger partial charge on any atom is -0.352 e. The zero-order valence-electron chi connectivity index (χ0n) is 12.3. The molecule has 5 nitrogen and oxygen atoms in total. The number of pyridine rings is 1. The Morgan fingerprint density at radius 1 is 1.19 bits per heavy atom. The van der Waals surface area contributed by atoms with Crippen LogP contribution in [0.2, 0.25) is 0 Å². The number of fused-ring (bicyclic) bond motifs is 1. The summed E-state index contributed by atoms with van der Waals surface area (Å²) in [5, 5.41) is 2.29. The molecule has 2 aromatic heterocycles. The van der Waals surface area contributed by atoms with Gasteiger partial charge < -0.3 is 15.2 Å². The molecule has 0 spiro atoms. The third kappa shape index (κ3) is 2.48. The van der Waals surface area contributed by atoms with Crippen molar-refractivity contribution in [3.8, 4) is 0 Å². The number of hydrogen-bond acceptors (Lipinski definition) is 4. The van der Waals surface area contributed by atoms with Crippen molar-refractivity contribution in [2.75, 3.05) is 11.9 Å². The molecule has 0 bridgehead atoms. The fourth-order valence-corrected chi connectivity index (χ4v) is 2.54. The summed E-state index contributed by atoms with van der Waals surface area (Å²) in [5.74, 6) is 1.96. The molecule has 21 heavy (non-hydrogen) atoms. The van der Waals surface area contributed by atoms with Gasteiger partial charge in [0.15, 0.2) is 0 Å². The van der Waals surface area contributed by atoms with Gasteiger partial charge in [0.25, 0.3) is 0 Å². The normalized spacial score (nSPS) is 11.0. The van der Waals surface area contributed by atoms with Crippen LogP contribution in [0.3, 0.4) is 0 Å². The van der Waals surface area contributed by atoms with Gasteiger partial charge in [0.2, 0.25) is 0 Å². The molecule has 0 saturated carbocycles. The van der Waals surface area contributed by atoms with E-state index in [1.54, 1.807) is 0 Å². The second-order valence-electron chi connectivity index (χ2n) is 5.17. The molecular weight excluding hydrogens is 262 g/mol. The number of aryl methyl sites for hydroxylation is 1. The Balaban J connectivity index is 2.02. The summed E-state index contributed by atoms with van der Waals surface area (Å²) in [6, 6.07) is 8.25. The van der Waals surface area contributed by atoms with Crippen LogP contribution < -0.4 is 10.6 Å². The minimum absolute atomic E-state index is 0.497. The molecule has 0 aliphatic carbocycles. The predicted molar refractivity (Wildman–Crippen MR) is 84.9 cm³/mol. The number of nitrogens with zero attached hydrogens (tertiary/aromatic N) is 4. The molecule has 0 saturated heterocycles. The molecule has 5 heteroatoms. The Labute approximate surface area is 124 Å². The quantitative estimate of drug-likeness (QED) is 0.795. The van der Waals surface area contributed by atoms with Crippen molar-refractivity contribution < 1.29 is 0 Å². The van der Waals surface area contributed by atoms with Gasteiger partial charge >= 0.3 is 0 Å². The molecule has 2 heterocycles. The van der Waals surface area contributed by atoms with E-state index < -0.39 is 0 Å². The van der Waals surface area contributed by atoms with E-state index in [1.807, 2.05) is 49.4 Å². The molecule has 0 radical (unpaired) electrons. The van der Waals surface area contributed by atoms with E-state index in [0.717, 1.165) is 28.0 Å². The second kappa shape index (κ2) is 5.54. The molecule has 0 aliphatic rings. The van der Waals surface area contributed by atoms with Crippen LogP contribution in [0.1, 0.15) is 11.4 Å². The van der Waals surface area contributed by atoms with Gasteiger partial charge in [-0.05, 0) is 10.9 Å². The molecule has 0 atom stereocenters. The van der Waals surface area contributed by atoms with Gasteiger partial charge in [-0.1, -0.05) is 24.3 Å². The van der Waals surface area contributed by atoms with Gasteiger partial charge in [-0.25, -0.2) is 9.97 Å². The Hall–Kier alpha value is -2.40. The van der Waals surface area contributed by atoms with Crippen molar-refractivity contribution in [3.63, 3.8) is 0 Å². The molecule has 0 unspecified atom stereocenters. The largest absolute Gasteiger partial charge is 0.352 e. The molecular formula is C16H19N5. The van der Waals surface area contributed by atoms with Gasteiger partial charge in [0, 0.05) is 44.6 Å². The van der Waals surface area contributed by atoms with Crippen molar-refractivity contribution in [1.82, 2.24) is 14.5 Å². The van der Waals surface area contributed by atoms with Crippen molar-refractivity contribution in [2.24, 2.45) is 12.8 Å². The first-order chi connectivity index (χ1) is 10.2. The molecule has 1 aromatic carbocycles. The smallest absolute Gasteiger partial charge is 0.136 e. The minimum atomic E-state index is 0.497. The van der Waals surface area contributed by atoms with Crippen molar-refractivity contribution >= 4 is 16.6 Å². The predicted octanol–water partition coefficient (Wildman–Crippen LogP) is 2.06. The van der Waals surface area contributed by atoms with Crippen LogP contribution in [0.25, 0.3) is 10.8 Å². The Morgan fingerprint density at radius 2 is 1.95 bits per heavy atom. The molecule has 0 aliphatic heterocycles. The number of hydrogen-bond donors (Lipinski definition) is 1. The second-order valence-corrected chi connectivity index (χ2v) is 5.17. The summed E-state index contributed by atoms with van der Waals surface area (Å²) in [6.45, 7) is 1.21. The third-order valence-electron chi connectivity index (χ3n) is 3.74. The average molecular weight is 281 g/mol. The van der Waals surface area contributed by atoms with Crippen LogP contribution in [-0.2, 0) is 20.1 Å². The number of aromatic nitrogens is 3. The molecule has 2 N–H and O–H groups in total. The molecule has 3 rings (SSSR count). The highest BCUT2D eigenvalue weighted by atomic mass is 15.2. The first-order valence-corrected chi connectivity index (χ1v) is 6.94. The lowest BCUT2D eigenvalue weighted by molar-refractivity contribution is 0.757. The molecule has 0 fully saturated rings. The van der Waals surface area contributed by atoms with Crippen molar-refractivity contribution in [2.45, 2.75) is 13.1 Å². The average Bonchev–Trinajstić information content (AvgIpc) is 2.91. The summed E-state index contributed by atoms with van der Waals surface area (Å²) >= 11 is 0. The number of imidazole rings is 1. The van der Waals surface area contributed by atoms with Gasteiger partial charge in [-0.15, -0.1) is 0 Å². The van der Waals surface area contributed by atoms with Crippen molar-refractivity contribution in [3.05, 3.63) is 54.2 Å². The summed E-state index contributed by atoms with van der Waals surface area (Å²) in [6.07, 6.45) is 5.63. The summed E-state index contributed by atoms with van der Waals surface area (Å²) in [7, 11) is 4.03. The SMILES string of the molecule is CN(Cc1nccn1C)c1ncc(CN)c2ccccc12. The monoisotopic (exact) mass is 281 g/mol. The molecule has 3 aromatic rings. The number of anilines is 1. The van der Waals surface area contributed by atoms with E-state index >= 15 is 0 Å². The first kappa shape index (κ1) is 13.6. The van der Waals surface area contributed by atoms with Gasteiger partial charge in [-0.3, -0.25) is 0 Å². The zero-order valence-corrected chi connectivity index (χ0v) is 12.3. The summed E-state index contributed by atoms with van der Waals surface area (Å²) < 4.78 is 2.02. The zero-order chi connectivity index (χ0) is 14.8. The Morgan fingerprint density at radius 3 is 2.62 bits per heavy atom. The lowest BCUT2D eigenvalue weighted by Crippen LogP contribution is -2.20. The maximum Gasteiger partial charge on any atom is 0.136 e. The Kier molecular flexibility index (Phi) is 3.58. The number of benzene rings is 1. The third-order valence-corrected chi connectivity index (χ3v) is 3.74.